The maximum Gasteiger partial charge on any atom is 0.238 e. The lowest BCUT2D eigenvalue weighted by Crippen LogP contribution is -2.29. The van der Waals surface area contributed by atoms with Gasteiger partial charge < -0.3 is 9.73 Å². The molecule has 1 heterocycles. The molecule has 1 aromatic heterocycles. The van der Waals surface area contributed by atoms with Crippen molar-refractivity contribution in [3.05, 3.63) is 53.5 Å². The fourth-order valence-electron chi connectivity index (χ4n) is 2.03. The average molecular weight is 272 g/mol. The molecular formula is C16H20N2O2. The number of benzene rings is 1. The lowest BCUT2D eigenvalue weighted by Gasteiger charge is -2.15. The highest BCUT2D eigenvalue weighted by Crippen LogP contribution is 2.16. The van der Waals surface area contributed by atoms with Gasteiger partial charge >= 0.3 is 0 Å². The third-order valence-electron chi connectivity index (χ3n) is 3.09. The maximum absolute atomic E-state index is 12.0. The van der Waals surface area contributed by atoms with E-state index in [4.69, 9.17) is 4.42 Å². The van der Waals surface area contributed by atoms with E-state index >= 15 is 0 Å². The van der Waals surface area contributed by atoms with Crippen LogP contribution in [0.25, 0.3) is 0 Å². The molecule has 0 aliphatic carbocycles. The van der Waals surface area contributed by atoms with Gasteiger partial charge in [-0.3, -0.25) is 9.69 Å². The molecule has 0 aliphatic rings. The van der Waals surface area contributed by atoms with Crippen LogP contribution in [-0.2, 0) is 11.3 Å². The second-order valence-corrected chi connectivity index (χ2v) is 5.12. The van der Waals surface area contributed by atoms with Crippen LogP contribution < -0.4 is 5.32 Å². The molecule has 4 nitrogen and oxygen atoms in total. The second kappa shape index (κ2) is 6.39. The molecule has 0 saturated carbocycles. The number of nitrogens with zero attached hydrogens (tertiary/aromatic N) is 1. The Labute approximate surface area is 119 Å². The molecule has 0 fully saturated rings. The number of rotatable bonds is 5. The molecule has 1 amide bonds. The van der Waals surface area contributed by atoms with Crippen molar-refractivity contribution >= 4 is 11.6 Å². The summed E-state index contributed by atoms with van der Waals surface area (Å²) in [7, 11) is 1.89. The van der Waals surface area contributed by atoms with E-state index in [1.807, 2.05) is 56.1 Å². The molecule has 0 unspecified atom stereocenters. The highest BCUT2D eigenvalue weighted by molar-refractivity contribution is 5.93. The van der Waals surface area contributed by atoms with E-state index in [9.17, 15) is 4.79 Å². The Morgan fingerprint density at radius 1 is 1.30 bits per heavy atom. The molecule has 0 spiro atoms. The Morgan fingerprint density at radius 2 is 2.10 bits per heavy atom. The molecule has 2 aromatic rings. The van der Waals surface area contributed by atoms with Gasteiger partial charge in [0.25, 0.3) is 0 Å². The maximum atomic E-state index is 12.0. The van der Waals surface area contributed by atoms with Crippen LogP contribution in [0.2, 0.25) is 0 Å². The first-order valence-electron chi connectivity index (χ1n) is 6.62. The van der Waals surface area contributed by atoms with Gasteiger partial charge in [-0.15, -0.1) is 0 Å². The highest BCUT2D eigenvalue weighted by Gasteiger charge is 2.10. The third kappa shape index (κ3) is 3.96. The zero-order valence-electron chi connectivity index (χ0n) is 12.1. The van der Waals surface area contributed by atoms with Gasteiger partial charge in [0.05, 0.1) is 19.4 Å². The van der Waals surface area contributed by atoms with Crippen LogP contribution in [0.1, 0.15) is 16.9 Å². The van der Waals surface area contributed by atoms with Crippen molar-refractivity contribution in [1.29, 1.82) is 0 Å². The molecule has 4 heteroatoms. The van der Waals surface area contributed by atoms with Crippen molar-refractivity contribution in [3.63, 3.8) is 0 Å². The van der Waals surface area contributed by atoms with E-state index in [-0.39, 0.29) is 5.91 Å². The normalized spacial score (nSPS) is 10.8. The zero-order chi connectivity index (χ0) is 14.5. The summed E-state index contributed by atoms with van der Waals surface area (Å²) < 4.78 is 5.27. The first-order valence-corrected chi connectivity index (χ1v) is 6.62. The molecule has 106 valence electrons. The van der Waals surface area contributed by atoms with Crippen molar-refractivity contribution in [3.8, 4) is 0 Å². The summed E-state index contributed by atoms with van der Waals surface area (Å²) in [6.07, 6.45) is 1.64. The highest BCUT2D eigenvalue weighted by atomic mass is 16.3. The van der Waals surface area contributed by atoms with Crippen LogP contribution in [-0.4, -0.2) is 24.4 Å². The van der Waals surface area contributed by atoms with E-state index in [1.54, 1.807) is 6.26 Å². The number of nitrogens with one attached hydrogen (secondary N) is 1. The van der Waals surface area contributed by atoms with Gasteiger partial charge in [-0.05, 0) is 50.2 Å². The topological polar surface area (TPSA) is 45.5 Å². The molecular weight excluding hydrogens is 252 g/mol. The molecule has 0 saturated heterocycles. The first kappa shape index (κ1) is 14.3. The largest absolute Gasteiger partial charge is 0.468 e. The van der Waals surface area contributed by atoms with Crippen molar-refractivity contribution < 1.29 is 9.21 Å². The van der Waals surface area contributed by atoms with Crippen LogP contribution in [0.15, 0.2) is 41.0 Å². The number of hydrogen-bond acceptors (Lipinski definition) is 3. The summed E-state index contributed by atoms with van der Waals surface area (Å²) in [5.74, 6) is 0.833. The molecule has 0 atom stereocenters. The van der Waals surface area contributed by atoms with Gasteiger partial charge in [-0.25, -0.2) is 0 Å². The molecule has 0 aliphatic heterocycles. The Hall–Kier alpha value is -2.07. The SMILES string of the molecule is Cc1ccc(C)c(NC(=O)CN(C)Cc2ccco2)c1. The first-order chi connectivity index (χ1) is 9.54. The van der Waals surface area contributed by atoms with Crippen LogP contribution >= 0.6 is 0 Å². The average Bonchev–Trinajstić information content (AvgIpc) is 2.86. The van der Waals surface area contributed by atoms with Crippen LogP contribution in [0.3, 0.4) is 0 Å². The third-order valence-corrected chi connectivity index (χ3v) is 3.09. The number of likely N-dealkylation sites (N-methyl/N-ethyl adjacent to an activating group) is 1. The van der Waals surface area contributed by atoms with E-state index in [0.717, 1.165) is 22.6 Å². The molecule has 0 bridgehead atoms. The Kier molecular flexibility index (Phi) is 4.58. The molecule has 2 rings (SSSR count). The van der Waals surface area contributed by atoms with Gasteiger partial charge in [0, 0.05) is 5.69 Å². The molecule has 1 N–H and O–H groups in total. The molecule has 1 aromatic carbocycles. The van der Waals surface area contributed by atoms with Crippen molar-refractivity contribution in [2.45, 2.75) is 20.4 Å². The van der Waals surface area contributed by atoms with Gasteiger partial charge in [-0.2, -0.15) is 0 Å². The smallest absolute Gasteiger partial charge is 0.238 e. The number of furan rings is 1. The number of aryl methyl sites for hydroxylation is 2. The number of carbonyl (C=O) groups excluding carboxylic acids is 1. The summed E-state index contributed by atoms with van der Waals surface area (Å²) in [5, 5.41) is 2.95. The van der Waals surface area contributed by atoms with Gasteiger partial charge in [0.1, 0.15) is 5.76 Å². The number of anilines is 1. The lowest BCUT2D eigenvalue weighted by molar-refractivity contribution is -0.117. The van der Waals surface area contributed by atoms with Gasteiger partial charge in [-0.1, -0.05) is 12.1 Å². The standard InChI is InChI=1S/C16H20N2O2/c1-12-6-7-13(2)15(9-12)17-16(19)11-18(3)10-14-5-4-8-20-14/h4-9H,10-11H2,1-3H3,(H,17,19). The van der Waals surface area contributed by atoms with Crippen LogP contribution in [0, 0.1) is 13.8 Å². The summed E-state index contributed by atoms with van der Waals surface area (Å²) in [5.41, 5.74) is 3.08. The Balaban J connectivity index is 1.90. The van der Waals surface area contributed by atoms with E-state index in [0.29, 0.717) is 13.1 Å². The number of carbonyl (C=O) groups is 1. The van der Waals surface area contributed by atoms with Crippen molar-refractivity contribution in [1.82, 2.24) is 4.90 Å². The number of amides is 1. The second-order valence-electron chi connectivity index (χ2n) is 5.12. The fraction of sp³-hybridized carbons (Fsp3) is 0.312. The van der Waals surface area contributed by atoms with E-state index in [1.165, 1.54) is 0 Å². The van der Waals surface area contributed by atoms with Crippen LogP contribution in [0.4, 0.5) is 5.69 Å². The van der Waals surface area contributed by atoms with Gasteiger partial charge in [0.2, 0.25) is 5.91 Å². The monoisotopic (exact) mass is 272 g/mol. The zero-order valence-corrected chi connectivity index (χ0v) is 12.1. The predicted molar refractivity (Wildman–Crippen MR) is 79.6 cm³/mol. The quantitative estimate of drug-likeness (QED) is 0.910. The summed E-state index contributed by atoms with van der Waals surface area (Å²) in [4.78, 5) is 13.9. The fourth-order valence-corrected chi connectivity index (χ4v) is 2.03. The summed E-state index contributed by atoms with van der Waals surface area (Å²) >= 11 is 0. The summed E-state index contributed by atoms with van der Waals surface area (Å²) in [6, 6.07) is 9.78. The Bertz CT molecular complexity index is 576. The molecule has 20 heavy (non-hydrogen) atoms. The predicted octanol–water partition coefficient (Wildman–Crippen LogP) is 2.97. The molecule has 0 radical (unpaired) electrons. The number of hydrogen-bond donors (Lipinski definition) is 1. The Morgan fingerprint density at radius 3 is 2.80 bits per heavy atom. The minimum atomic E-state index is -0.0206. The van der Waals surface area contributed by atoms with E-state index < -0.39 is 0 Å². The minimum absolute atomic E-state index is 0.0206. The van der Waals surface area contributed by atoms with E-state index in [2.05, 4.69) is 5.32 Å². The lowest BCUT2D eigenvalue weighted by atomic mass is 10.1. The minimum Gasteiger partial charge on any atom is -0.468 e. The summed E-state index contributed by atoms with van der Waals surface area (Å²) in [6.45, 7) is 4.95. The van der Waals surface area contributed by atoms with Crippen molar-refractivity contribution in [2.75, 3.05) is 18.9 Å². The van der Waals surface area contributed by atoms with Gasteiger partial charge in [0.15, 0.2) is 0 Å². The van der Waals surface area contributed by atoms with Crippen LogP contribution in [0.5, 0.6) is 0 Å². The van der Waals surface area contributed by atoms with Crippen molar-refractivity contribution in [2.24, 2.45) is 0 Å².